The summed E-state index contributed by atoms with van der Waals surface area (Å²) in [6, 6.07) is 6.58. The average Bonchev–Trinajstić information content (AvgIpc) is 2.44. The molecule has 0 aliphatic rings. The van der Waals surface area contributed by atoms with Gasteiger partial charge in [-0.15, -0.1) is 0 Å². The van der Waals surface area contributed by atoms with Gasteiger partial charge in [0.2, 0.25) is 0 Å². The number of aromatic amines is 1. The lowest BCUT2D eigenvalue weighted by atomic mass is 10.0. The van der Waals surface area contributed by atoms with Gasteiger partial charge >= 0.3 is 0 Å². The van der Waals surface area contributed by atoms with E-state index in [-0.39, 0.29) is 0 Å². The van der Waals surface area contributed by atoms with Crippen molar-refractivity contribution >= 4 is 10.9 Å². The van der Waals surface area contributed by atoms with E-state index in [1.807, 2.05) is 0 Å². The van der Waals surface area contributed by atoms with E-state index in [2.05, 4.69) is 50.9 Å². The van der Waals surface area contributed by atoms with Gasteiger partial charge in [-0.05, 0) is 37.5 Å². The predicted octanol–water partition coefficient (Wildman–Crippen LogP) is 3.91. The van der Waals surface area contributed by atoms with Gasteiger partial charge in [0, 0.05) is 16.6 Å². The Morgan fingerprint density at radius 3 is 2.50 bits per heavy atom. The third kappa shape index (κ3) is 1.33. The van der Waals surface area contributed by atoms with Gasteiger partial charge < -0.3 is 4.98 Å². The maximum atomic E-state index is 3.49. The summed E-state index contributed by atoms with van der Waals surface area (Å²) in [4.78, 5) is 3.49. The first-order valence-corrected chi connectivity index (χ1v) is 5.18. The number of hydrogen-bond donors (Lipinski definition) is 1. The Morgan fingerprint density at radius 1 is 1.14 bits per heavy atom. The van der Waals surface area contributed by atoms with Crippen LogP contribution in [0.2, 0.25) is 0 Å². The summed E-state index contributed by atoms with van der Waals surface area (Å²) in [7, 11) is 0. The largest absolute Gasteiger partial charge is 0.358 e. The predicted molar refractivity (Wildman–Crippen MR) is 61.9 cm³/mol. The van der Waals surface area contributed by atoms with Gasteiger partial charge in [0.05, 0.1) is 0 Å². The molecule has 0 unspecified atom stereocenters. The lowest BCUT2D eigenvalue weighted by Gasteiger charge is -2.02. The zero-order valence-electron chi connectivity index (χ0n) is 9.31. The van der Waals surface area contributed by atoms with Crippen molar-refractivity contribution in [3.63, 3.8) is 0 Å². The van der Waals surface area contributed by atoms with Crippen molar-refractivity contribution in [2.45, 2.75) is 33.6 Å². The van der Waals surface area contributed by atoms with Gasteiger partial charge in [-0.25, -0.2) is 0 Å². The SMILES string of the molecule is Cc1ccc2[nH]c(C(C)C)c(C)c2c1. The van der Waals surface area contributed by atoms with Gasteiger partial charge in [-0.1, -0.05) is 25.5 Å². The molecular formula is C13H17N. The van der Waals surface area contributed by atoms with Crippen LogP contribution < -0.4 is 0 Å². The molecule has 74 valence electrons. The number of fused-ring (bicyclic) bond motifs is 1. The van der Waals surface area contributed by atoms with E-state index < -0.39 is 0 Å². The minimum atomic E-state index is 0.572. The number of rotatable bonds is 1. The van der Waals surface area contributed by atoms with Crippen LogP contribution in [0.1, 0.15) is 36.6 Å². The molecule has 1 aromatic heterocycles. The third-order valence-corrected chi connectivity index (χ3v) is 2.83. The molecular weight excluding hydrogens is 170 g/mol. The molecule has 1 N–H and O–H groups in total. The molecule has 0 aliphatic carbocycles. The maximum absolute atomic E-state index is 3.49. The van der Waals surface area contributed by atoms with Crippen molar-refractivity contribution in [1.29, 1.82) is 0 Å². The summed E-state index contributed by atoms with van der Waals surface area (Å²) in [5, 5.41) is 1.37. The highest BCUT2D eigenvalue weighted by Crippen LogP contribution is 2.27. The highest BCUT2D eigenvalue weighted by atomic mass is 14.7. The minimum absolute atomic E-state index is 0.572. The summed E-state index contributed by atoms with van der Waals surface area (Å²) in [5.41, 5.74) is 5.36. The van der Waals surface area contributed by atoms with Crippen molar-refractivity contribution in [3.05, 3.63) is 35.0 Å². The summed E-state index contributed by atoms with van der Waals surface area (Å²) < 4.78 is 0. The smallest absolute Gasteiger partial charge is 0.0459 e. The number of hydrogen-bond acceptors (Lipinski definition) is 0. The van der Waals surface area contributed by atoms with Crippen molar-refractivity contribution < 1.29 is 0 Å². The van der Waals surface area contributed by atoms with E-state index in [0.717, 1.165) is 0 Å². The molecule has 0 saturated carbocycles. The minimum Gasteiger partial charge on any atom is -0.358 e. The first-order valence-electron chi connectivity index (χ1n) is 5.18. The van der Waals surface area contributed by atoms with Crippen LogP contribution in [-0.2, 0) is 0 Å². The average molecular weight is 187 g/mol. The zero-order valence-corrected chi connectivity index (χ0v) is 9.31. The Morgan fingerprint density at radius 2 is 1.86 bits per heavy atom. The normalized spacial score (nSPS) is 11.5. The van der Waals surface area contributed by atoms with E-state index >= 15 is 0 Å². The van der Waals surface area contributed by atoms with Crippen molar-refractivity contribution in [1.82, 2.24) is 4.98 Å². The van der Waals surface area contributed by atoms with Crippen LogP contribution in [0, 0.1) is 13.8 Å². The summed E-state index contributed by atoms with van der Waals surface area (Å²) >= 11 is 0. The molecule has 2 rings (SSSR count). The molecule has 1 aromatic carbocycles. The van der Waals surface area contributed by atoms with E-state index in [9.17, 15) is 0 Å². The maximum Gasteiger partial charge on any atom is 0.0459 e. The van der Waals surface area contributed by atoms with Crippen LogP contribution in [-0.4, -0.2) is 4.98 Å². The molecule has 0 saturated heterocycles. The molecule has 0 atom stereocenters. The number of aryl methyl sites for hydroxylation is 2. The van der Waals surface area contributed by atoms with Gasteiger partial charge in [-0.3, -0.25) is 0 Å². The zero-order chi connectivity index (χ0) is 10.3. The molecule has 0 aliphatic heterocycles. The first-order chi connectivity index (χ1) is 6.59. The molecule has 1 nitrogen and oxygen atoms in total. The Kier molecular flexibility index (Phi) is 2.10. The number of nitrogens with one attached hydrogen (secondary N) is 1. The summed E-state index contributed by atoms with van der Waals surface area (Å²) in [5.74, 6) is 0.572. The highest BCUT2D eigenvalue weighted by molar-refractivity contribution is 5.85. The lowest BCUT2D eigenvalue weighted by Crippen LogP contribution is -1.88. The van der Waals surface area contributed by atoms with Crippen LogP contribution in [0.4, 0.5) is 0 Å². The van der Waals surface area contributed by atoms with E-state index in [0.29, 0.717) is 5.92 Å². The van der Waals surface area contributed by atoms with E-state index in [4.69, 9.17) is 0 Å². The number of aromatic nitrogens is 1. The second-order valence-corrected chi connectivity index (χ2v) is 4.37. The van der Waals surface area contributed by atoms with Crippen molar-refractivity contribution in [3.8, 4) is 0 Å². The molecule has 14 heavy (non-hydrogen) atoms. The molecule has 0 radical (unpaired) electrons. The Hall–Kier alpha value is -1.24. The lowest BCUT2D eigenvalue weighted by molar-refractivity contribution is 0.828. The van der Waals surface area contributed by atoms with Crippen LogP contribution in [0.25, 0.3) is 10.9 Å². The van der Waals surface area contributed by atoms with Gasteiger partial charge in [0.15, 0.2) is 0 Å². The van der Waals surface area contributed by atoms with Crippen LogP contribution in [0.5, 0.6) is 0 Å². The van der Waals surface area contributed by atoms with E-state index in [1.165, 1.54) is 27.7 Å². The Bertz CT molecular complexity index is 463. The van der Waals surface area contributed by atoms with Crippen molar-refractivity contribution in [2.24, 2.45) is 0 Å². The second kappa shape index (κ2) is 3.16. The van der Waals surface area contributed by atoms with Crippen LogP contribution in [0.15, 0.2) is 18.2 Å². The molecule has 1 heterocycles. The number of benzene rings is 1. The monoisotopic (exact) mass is 187 g/mol. The van der Waals surface area contributed by atoms with Gasteiger partial charge in [0.1, 0.15) is 0 Å². The fraction of sp³-hybridized carbons (Fsp3) is 0.385. The molecule has 0 spiro atoms. The Labute approximate surface area is 85.1 Å². The highest BCUT2D eigenvalue weighted by Gasteiger charge is 2.09. The summed E-state index contributed by atoms with van der Waals surface area (Å²) in [6.45, 7) is 8.80. The quantitative estimate of drug-likeness (QED) is 0.696. The van der Waals surface area contributed by atoms with Crippen molar-refractivity contribution in [2.75, 3.05) is 0 Å². The molecule has 0 fully saturated rings. The van der Waals surface area contributed by atoms with Gasteiger partial charge in [0.25, 0.3) is 0 Å². The molecule has 2 aromatic rings. The molecule has 0 amide bonds. The second-order valence-electron chi connectivity index (χ2n) is 4.37. The molecule has 0 bridgehead atoms. The van der Waals surface area contributed by atoms with E-state index in [1.54, 1.807) is 0 Å². The fourth-order valence-corrected chi connectivity index (χ4v) is 2.04. The summed E-state index contributed by atoms with van der Waals surface area (Å²) in [6.07, 6.45) is 0. The Balaban J connectivity index is 2.74. The van der Waals surface area contributed by atoms with Crippen LogP contribution >= 0.6 is 0 Å². The third-order valence-electron chi connectivity index (χ3n) is 2.83. The van der Waals surface area contributed by atoms with Gasteiger partial charge in [-0.2, -0.15) is 0 Å². The first kappa shape index (κ1) is 9.32. The topological polar surface area (TPSA) is 15.8 Å². The molecule has 1 heteroatoms. The van der Waals surface area contributed by atoms with Crippen LogP contribution in [0.3, 0.4) is 0 Å². The number of H-pyrrole nitrogens is 1. The standard InChI is InChI=1S/C13H17N/c1-8(2)13-10(4)11-7-9(3)5-6-12(11)14-13/h5-8,14H,1-4H3. The fourth-order valence-electron chi connectivity index (χ4n) is 2.04.